The van der Waals surface area contributed by atoms with Crippen molar-refractivity contribution in [1.82, 2.24) is 20.2 Å². The molecule has 0 aliphatic carbocycles. The van der Waals surface area contributed by atoms with Crippen molar-refractivity contribution < 1.29 is 19.0 Å². The smallest absolute Gasteiger partial charge is 0.320 e. The molecular formula is C23H23Cl2N5O4. The van der Waals surface area contributed by atoms with Gasteiger partial charge in [-0.05, 0) is 42.7 Å². The Morgan fingerprint density at radius 3 is 2.74 bits per heavy atom. The molecule has 3 heterocycles. The lowest BCUT2D eigenvalue weighted by molar-refractivity contribution is 0.173. The van der Waals surface area contributed by atoms with E-state index >= 15 is 0 Å². The Kier molecular flexibility index (Phi) is 6.49. The van der Waals surface area contributed by atoms with E-state index in [1.165, 1.54) is 12.7 Å². The molecule has 2 N–H and O–H groups in total. The Bertz CT molecular complexity index is 1230. The van der Waals surface area contributed by atoms with Gasteiger partial charge in [-0.15, -0.1) is 0 Å². The third-order valence-electron chi connectivity index (χ3n) is 5.85. The topological polar surface area (TPSA) is 97.8 Å². The van der Waals surface area contributed by atoms with Gasteiger partial charge in [-0.1, -0.05) is 29.3 Å². The number of halogens is 2. The maximum atomic E-state index is 12.7. The number of fused-ring (bicyclic) bond motifs is 2. The molecule has 0 spiro atoms. The number of anilines is 1. The van der Waals surface area contributed by atoms with Crippen LogP contribution in [0.3, 0.4) is 0 Å². The van der Waals surface area contributed by atoms with E-state index in [1.807, 2.05) is 12.1 Å². The van der Waals surface area contributed by atoms with Crippen molar-refractivity contribution in [2.75, 3.05) is 32.3 Å². The van der Waals surface area contributed by atoms with E-state index in [0.717, 1.165) is 44.0 Å². The molecule has 3 aromatic rings. The fourth-order valence-electron chi connectivity index (χ4n) is 4.16. The zero-order chi connectivity index (χ0) is 23.7. The fraction of sp³-hybridized carbons (Fsp3) is 0.348. The van der Waals surface area contributed by atoms with Crippen molar-refractivity contribution in [3.8, 4) is 17.4 Å². The van der Waals surface area contributed by atoms with Crippen LogP contribution in [0.25, 0.3) is 11.0 Å². The number of ether oxygens (including phenoxy) is 3. The van der Waals surface area contributed by atoms with Crippen molar-refractivity contribution in [2.24, 2.45) is 0 Å². The number of amides is 2. The number of nitrogens with zero attached hydrogens (tertiary/aromatic N) is 3. The van der Waals surface area contributed by atoms with E-state index in [2.05, 4.69) is 31.6 Å². The molecule has 2 aliphatic rings. The predicted octanol–water partition coefficient (Wildman–Crippen LogP) is 4.46. The molecular weight excluding hydrogens is 481 g/mol. The van der Waals surface area contributed by atoms with Gasteiger partial charge in [0, 0.05) is 30.7 Å². The van der Waals surface area contributed by atoms with Crippen LogP contribution in [0.1, 0.15) is 18.4 Å². The van der Waals surface area contributed by atoms with E-state index in [-0.39, 0.29) is 30.6 Å². The molecule has 1 fully saturated rings. The zero-order valence-electron chi connectivity index (χ0n) is 18.4. The standard InChI is InChI=1S/C23H23Cl2N5O4/c1-32-22-21(27-17-10-14(24)9-16(25)20(17)28-22)29-23(31)26-15-4-6-30(7-5-15)11-13-2-3-18-19(8-13)34-12-33-18/h2-3,8-10,15H,4-7,11-12H2,1H3,(H2,26,27,29,31). The highest BCUT2D eigenvalue weighted by atomic mass is 35.5. The maximum absolute atomic E-state index is 12.7. The number of hydrogen-bond donors (Lipinski definition) is 2. The summed E-state index contributed by atoms with van der Waals surface area (Å²) in [6.07, 6.45) is 1.67. The second-order valence-electron chi connectivity index (χ2n) is 8.17. The van der Waals surface area contributed by atoms with E-state index < -0.39 is 0 Å². The number of hydrogen-bond acceptors (Lipinski definition) is 7. The summed E-state index contributed by atoms with van der Waals surface area (Å²) in [5.74, 6) is 1.95. The summed E-state index contributed by atoms with van der Waals surface area (Å²) < 4.78 is 16.1. The molecule has 0 saturated carbocycles. The van der Waals surface area contributed by atoms with Crippen LogP contribution < -0.4 is 24.8 Å². The summed E-state index contributed by atoms with van der Waals surface area (Å²) in [7, 11) is 1.46. The van der Waals surface area contributed by atoms with E-state index in [0.29, 0.717) is 21.1 Å². The van der Waals surface area contributed by atoms with Crippen molar-refractivity contribution in [1.29, 1.82) is 0 Å². The highest BCUT2D eigenvalue weighted by Gasteiger charge is 2.23. The molecule has 2 amide bonds. The van der Waals surface area contributed by atoms with Gasteiger partial charge in [-0.2, -0.15) is 0 Å². The summed E-state index contributed by atoms with van der Waals surface area (Å²) in [4.78, 5) is 23.8. The summed E-state index contributed by atoms with van der Waals surface area (Å²) in [6, 6.07) is 8.93. The molecule has 9 nitrogen and oxygen atoms in total. The molecule has 2 aliphatic heterocycles. The number of likely N-dealkylation sites (tertiary alicyclic amines) is 1. The van der Waals surface area contributed by atoms with E-state index in [1.54, 1.807) is 12.1 Å². The number of piperidine rings is 1. The first-order chi connectivity index (χ1) is 16.5. The fourth-order valence-corrected chi connectivity index (χ4v) is 4.68. The Balaban J connectivity index is 1.17. The number of benzene rings is 2. The molecule has 178 valence electrons. The number of urea groups is 1. The van der Waals surface area contributed by atoms with Crippen LogP contribution in [0.4, 0.5) is 10.6 Å². The van der Waals surface area contributed by atoms with Crippen molar-refractivity contribution in [2.45, 2.75) is 25.4 Å². The lowest BCUT2D eigenvalue weighted by atomic mass is 10.0. The molecule has 34 heavy (non-hydrogen) atoms. The van der Waals surface area contributed by atoms with E-state index in [4.69, 9.17) is 37.4 Å². The third kappa shape index (κ3) is 4.91. The average Bonchev–Trinajstić information content (AvgIpc) is 3.28. The van der Waals surface area contributed by atoms with Crippen molar-refractivity contribution in [3.63, 3.8) is 0 Å². The minimum Gasteiger partial charge on any atom is -0.478 e. The molecule has 0 bridgehead atoms. The first-order valence-corrected chi connectivity index (χ1v) is 11.6. The second-order valence-corrected chi connectivity index (χ2v) is 9.02. The van der Waals surface area contributed by atoms with Crippen LogP contribution in [-0.2, 0) is 6.54 Å². The number of nitrogens with one attached hydrogen (secondary N) is 2. The molecule has 0 unspecified atom stereocenters. The van der Waals surface area contributed by atoms with Gasteiger partial charge in [-0.25, -0.2) is 14.8 Å². The minimum atomic E-state index is -0.366. The molecule has 2 aromatic carbocycles. The minimum absolute atomic E-state index is 0.0521. The zero-order valence-corrected chi connectivity index (χ0v) is 19.9. The lowest BCUT2D eigenvalue weighted by Gasteiger charge is -2.32. The summed E-state index contributed by atoms with van der Waals surface area (Å²) in [5.41, 5.74) is 2.09. The van der Waals surface area contributed by atoms with Crippen LogP contribution >= 0.6 is 23.2 Å². The Hall–Kier alpha value is -3.01. The summed E-state index contributed by atoms with van der Waals surface area (Å²) in [6.45, 7) is 2.84. The maximum Gasteiger partial charge on any atom is 0.320 e. The molecule has 1 saturated heterocycles. The second kappa shape index (κ2) is 9.69. The van der Waals surface area contributed by atoms with Crippen LogP contribution in [0.5, 0.6) is 17.4 Å². The quantitative estimate of drug-likeness (QED) is 0.530. The van der Waals surface area contributed by atoms with Gasteiger partial charge in [0.1, 0.15) is 5.52 Å². The van der Waals surface area contributed by atoms with Crippen LogP contribution in [0.2, 0.25) is 10.0 Å². The van der Waals surface area contributed by atoms with Gasteiger partial charge in [-0.3, -0.25) is 10.2 Å². The van der Waals surface area contributed by atoms with Crippen molar-refractivity contribution >= 4 is 46.1 Å². The Morgan fingerprint density at radius 2 is 1.94 bits per heavy atom. The van der Waals surface area contributed by atoms with Gasteiger partial charge in [0.2, 0.25) is 6.79 Å². The Labute approximate surface area is 206 Å². The van der Waals surface area contributed by atoms with Crippen LogP contribution in [0, 0.1) is 0 Å². The molecule has 1 aromatic heterocycles. The van der Waals surface area contributed by atoms with Gasteiger partial charge in [0.25, 0.3) is 5.88 Å². The van der Waals surface area contributed by atoms with Gasteiger partial charge in [0.05, 0.1) is 17.6 Å². The lowest BCUT2D eigenvalue weighted by Crippen LogP contribution is -2.45. The number of aromatic nitrogens is 2. The number of methoxy groups -OCH3 is 1. The highest BCUT2D eigenvalue weighted by molar-refractivity contribution is 6.38. The number of rotatable bonds is 5. The number of carbonyl (C=O) groups excluding carboxylic acids is 1. The summed E-state index contributed by atoms with van der Waals surface area (Å²) in [5, 5.41) is 6.55. The highest BCUT2D eigenvalue weighted by Crippen LogP contribution is 2.33. The van der Waals surface area contributed by atoms with Gasteiger partial charge >= 0.3 is 6.03 Å². The number of carbonyl (C=O) groups is 1. The van der Waals surface area contributed by atoms with Gasteiger partial charge < -0.3 is 19.5 Å². The van der Waals surface area contributed by atoms with Crippen LogP contribution in [-0.4, -0.2) is 53.9 Å². The normalized spacial score (nSPS) is 16.0. The summed E-state index contributed by atoms with van der Waals surface area (Å²) >= 11 is 12.3. The largest absolute Gasteiger partial charge is 0.478 e. The van der Waals surface area contributed by atoms with Crippen molar-refractivity contribution in [3.05, 3.63) is 45.9 Å². The first kappa shape index (κ1) is 22.8. The van der Waals surface area contributed by atoms with Gasteiger partial charge in [0.15, 0.2) is 17.3 Å². The predicted molar refractivity (Wildman–Crippen MR) is 129 cm³/mol. The SMILES string of the molecule is COc1nc2c(Cl)cc(Cl)cc2nc1NC(=O)NC1CCN(Cc2ccc3c(c2)OCO3)CC1. The van der Waals surface area contributed by atoms with E-state index in [9.17, 15) is 4.79 Å². The average molecular weight is 504 g/mol. The Morgan fingerprint density at radius 1 is 1.15 bits per heavy atom. The molecule has 11 heteroatoms. The third-order valence-corrected chi connectivity index (χ3v) is 6.35. The molecule has 0 radical (unpaired) electrons. The molecule has 5 rings (SSSR count). The first-order valence-electron chi connectivity index (χ1n) is 10.9. The molecule has 0 atom stereocenters. The van der Waals surface area contributed by atoms with Crippen LogP contribution in [0.15, 0.2) is 30.3 Å². The monoisotopic (exact) mass is 503 g/mol.